The van der Waals surface area contributed by atoms with E-state index in [2.05, 4.69) is 6.58 Å². The average molecular weight is 310 g/mol. The van der Waals surface area contributed by atoms with Crippen molar-refractivity contribution < 1.29 is 19.1 Å². The van der Waals surface area contributed by atoms with Gasteiger partial charge in [0.15, 0.2) is 6.10 Å². The molecule has 0 heterocycles. The summed E-state index contributed by atoms with van der Waals surface area (Å²) in [7, 11) is 1.54. The molecule has 2 rings (SSSR count). The van der Waals surface area contributed by atoms with Crippen LogP contribution >= 0.6 is 0 Å². The highest BCUT2D eigenvalue weighted by molar-refractivity contribution is 6.16. The highest BCUT2D eigenvalue weighted by Gasteiger charge is 2.21. The second-order valence-electron chi connectivity index (χ2n) is 4.99. The number of carbonyl (C=O) groups excluding carboxylic acids is 2. The molecule has 0 aliphatic heterocycles. The van der Waals surface area contributed by atoms with Crippen LogP contribution in [0.4, 0.5) is 0 Å². The van der Waals surface area contributed by atoms with Gasteiger partial charge in [0.2, 0.25) is 5.78 Å². The largest absolute Gasteiger partial charge is 0.497 e. The lowest BCUT2D eigenvalue weighted by Gasteiger charge is -2.14. The Balaban J connectivity index is 2.06. The van der Waals surface area contributed by atoms with Gasteiger partial charge in [0.25, 0.3) is 0 Å². The number of rotatable bonds is 6. The van der Waals surface area contributed by atoms with Crippen molar-refractivity contribution in [3.8, 4) is 5.75 Å². The zero-order chi connectivity index (χ0) is 16.8. The molecule has 0 spiro atoms. The molecule has 118 valence electrons. The molecule has 23 heavy (non-hydrogen) atoms. The first-order valence-electron chi connectivity index (χ1n) is 7.16. The summed E-state index contributed by atoms with van der Waals surface area (Å²) in [6.45, 7) is 5.29. The van der Waals surface area contributed by atoms with Gasteiger partial charge < -0.3 is 9.47 Å². The van der Waals surface area contributed by atoms with E-state index in [0.29, 0.717) is 16.9 Å². The van der Waals surface area contributed by atoms with Crippen LogP contribution in [0.25, 0.3) is 5.57 Å². The first-order chi connectivity index (χ1) is 11.0. The first-order valence-corrected chi connectivity index (χ1v) is 7.16. The highest BCUT2D eigenvalue weighted by Crippen LogP contribution is 2.20. The Hall–Kier alpha value is -2.88. The molecule has 0 N–H and O–H groups in total. The zero-order valence-corrected chi connectivity index (χ0v) is 13.1. The molecule has 0 saturated heterocycles. The Bertz CT molecular complexity index is 719. The summed E-state index contributed by atoms with van der Waals surface area (Å²) in [5.74, 6) is -0.266. The van der Waals surface area contributed by atoms with Gasteiger partial charge in [-0.1, -0.05) is 49.0 Å². The second kappa shape index (κ2) is 7.40. The molecule has 1 atom stereocenters. The van der Waals surface area contributed by atoms with Crippen molar-refractivity contribution in [2.75, 3.05) is 7.11 Å². The van der Waals surface area contributed by atoms with Gasteiger partial charge >= 0.3 is 5.97 Å². The van der Waals surface area contributed by atoms with E-state index < -0.39 is 12.1 Å². The van der Waals surface area contributed by atoms with Crippen LogP contribution in [0.2, 0.25) is 0 Å². The molecular weight excluding hydrogens is 292 g/mol. The molecule has 0 fully saturated rings. The Morgan fingerprint density at radius 1 is 1.00 bits per heavy atom. The lowest BCUT2D eigenvalue weighted by molar-refractivity contribution is -0.139. The number of Topliss-reactive ketones (excluding diaryl/α,β-unsaturated/α-hetero) is 1. The van der Waals surface area contributed by atoms with Crippen molar-refractivity contribution in [1.82, 2.24) is 0 Å². The number of esters is 1. The SMILES string of the molecule is C=C(C(=O)OC(C)C(=O)c1ccccc1)c1cccc(OC)c1. The smallest absolute Gasteiger partial charge is 0.338 e. The minimum absolute atomic E-state index is 0.177. The quantitative estimate of drug-likeness (QED) is 0.465. The van der Waals surface area contributed by atoms with Crippen molar-refractivity contribution >= 4 is 17.3 Å². The molecule has 1 unspecified atom stereocenters. The van der Waals surface area contributed by atoms with Crippen molar-refractivity contribution in [3.05, 3.63) is 72.3 Å². The van der Waals surface area contributed by atoms with Crippen LogP contribution in [-0.4, -0.2) is 25.0 Å². The lowest BCUT2D eigenvalue weighted by atomic mass is 10.1. The zero-order valence-electron chi connectivity index (χ0n) is 13.1. The number of methoxy groups -OCH3 is 1. The van der Waals surface area contributed by atoms with E-state index in [4.69, 9.17) is 9.47 Å². The fourth-order valence-corrected chi connectivity index (χ4v) is 2.05. The predicted octanol–water partition coefficient (Wildman–Crippen LogP) is 3.52. The number of hydrogen-bond donors (Lipinski definition) is 0. The molecule has 0 aliphatic carbocycles. The van der Waals surface area contributed by atoms with Crippen molar-refractivity contribution in [2.45, 2.75) is 13.0 Å². The van der Waals surface area contributed by atoms with Gasteiger partial charge in [0, 0.05) is 5.56 Å². The summed E-state index contributed by atoms with van der Waals surface area (Å²) >= 11 is 0. The standard InChI is InChI=1S/C19H18O4/c1-13(16-10-7-11-17(12-16)22-3)19(21)23-14(2)18(20)15-8-5-4-6-9-15/h4-12,14H,1H2,2-3H3. The van der Waals surface area contributed by atoms with Crippen LogP contribution in [0.3, 0.4) is 0 Å². The molecule has 2 aromatic carbocycles. The molecule has 0 aromatic heterocycles. The minimum Gasteiger partial charge on any atom is -0.497 e. The van der Waals surface area contributed by atoms with Crippen LogP contribution in [0.15, 0.2) is 61.2 Å². The van der Waals surface area contributed by atoms with Gasteiger partial charge in [-0.2, -0.15) is 0 Å². The molecule has 0 saturated carbocycles. The fraction of sp³-hybridized carbons (Fsp3) is 0.158. The number of hydrogen-bond acceptors (Lipinski definition) is 4. The summed E-state index contributed by atoms with van der Waals surface area (Å²) < 4.78 is 10.3. The van der Waals surface area contributed by atoms with Gasteiger partial charge in [-0.25, -0.2) is 4.79 Å². The predicted molar refractivity (Wildman–Crippen MR) is 88.4 cm³/mol. The maximum absolute atomic E-state index is 12.2. The summed E-state index contributed by atoms with van der Waals surface area (Å²) in [5.41, 5.74) is 1.27. The third kappa shape index (κ3) is 4.07. The van der Waals surface area contributed by atoms with E-state index in [9.17, 15) is 9.59 Å². The Labute approximate surface area is 135 Å². The van der Waals surface area contributed by atoms with E-state index >= 15 is 0 Å². The molecule has 0 amide bonds. The van der Waals surface area contributed by atoms with Gasteiger partial charge in [0.1, 0.15) is 5.75 Å². The van der Waals surface area contributed by atoms with E-state index in [1.807, 2.05) is 6.07 Å². The Morgan fingerprint density at radius 2 is 1.65 bits per heavy atom. The van der Waals surface area contributed by atoms with Crippen LogP contribution < -0.4 is 4.74 Å². The minimum atomic E-state index is -0.882. The van der Waals surface area contributed by atoms with Crippen LogP contribution in [0.5, 0.6) is 5.75 Å². The van der Waals surface area contributed by atoms with Gasteiger partial charge in [-0.15, -0.1) is 0 Å². The van der Waals surface area contributed by atoms with Gasteiger partial charge in [-0.05, 0) is 24.6 Å². The molecule has 4 heteroatoms. The molecule has 0 bridgehead atoms. The van der Waals surface area contributed by atoms with Gasteiger partial charge in [0.05, 0.1) is 12.7 Å². The number of ketones is 1. The maximum Gasteiger partial charge on any atom is 0.338 e. The third-order valence-corrected chi connectivity index (χ3v) is 3.38. The van der Waals surface area contributed by atoms with Crippen LogP contribution in [0, 0.1) is 0 Å². The van der Waals surface area contributed by atoms with E-state index in [1.165, 1.54) is 0 Å². The highest BCUT2D eigenvalue weighted by atomic mass is 16.5. The van der Waals surface area contributed by atoms with E-state index in [0.717, 1.165) is 0 Å². The number of carbonyl (C=O) groups is 2. The summed E-state index contributed by atoms with van der Waals surface area (Å²) in [5, 5.41) is 0. The van der Waals surface area contributed by atoms with Crippen LogP contribution in [-0.2, 0) is 9.53 Å². The van der Waals surface area contributed by atoms with Crippen molar-refractivity contribution in [2.24, 2.45) is 0 Å². The summed E-state index contributed by atoms with van der Waals surface area (Å²) in [6.07, 6.45) is -0.882. The Kier molecular flexibility index (Phi) is 5.31. The fourth-order valence-electron chi connectivity index (χ4n) is 2.05. The second-order valence-corrected chi connectivity index (χ2v) is 4.99. The topological polar surface area (TPSA) is 52.6 Å². The number of benzene rings is 2. The van der Waals surface area contributed by atoms with Crippen LogP contribution in [0.1, 0.15) is 22.8 Å². The average Bonchev–Trinajstić information content (AvgIpc) is 2.61. The summed E-state index contributed by atoms with van der Waals surface area (Å²) in [4.78, 5) is 24.4. The van der Waals surface area contributed by atoms with Crippen molar-refractivity contribution in [1.29, 1.82) is 0 Å². The number of ether oxygens (including phenoxy) is 2. The van der Waals surface area contributed by atoms with E-state index in [1.54, 1.807) is 62.6 Å². The monoisotopic (exact) mass is 310 g/mol. The Morgan fingerprint density at radius 3 is 2.30 bits per heavy atom. The molecule has 0 radical (unpaired) electrons. The maximum atomic E-state index is 12.2. The summed E-state index contributed by atoms with van der Waals surface area (Å²) in [6, 6.07) is 15.6. The molecular formula is C19H18O4. The molecule has 4 nitrogen and oxygen atoms in total. The first kappa shape index (κ1) is 16.5. The third-order valence-electron chi connectivity index (χ3n) is 3.38. The van der Waals surface area contributed by atoms with Gasteiger partial charge in [-0.3, -0.25) is 4.79 Å². The van der Waals surface area contributed by atoms with E-state index in [-0.39, 0.29) is 11.4 Å². The normalized spacial score (nSPS) is 11.4. The lowest BCUT2D eigenvalue weighted by Crippen LogP contribution is -2.24. The van der Waals surface area contributed by atoms with Crippen molar-refractivity contribution in [3.63, 3.8) is 0 Å². The molecule has 0 aliphatic rings. The molecule has 2 aromatic rings.